The molecule has 0 N–H and O–H groups in total. The van der Waals surface area contributed by atoms with Crippen molar-refractivity contribution in [2.45, 2.75) is 25.3 Å². The summed E-state index contributed by atoms with van der Waals surface area (Å²) < 4.78 is 6.73. The van der Waals surface area contributed by atoms with E-state index in [1.54, 1.807) is 0 Å². The highest BCUT2D eigenvalue weighted by molar-refractivity contribution is 9.10. The molecule has 2 aliphatic heterocycles. The first-order valence-electron chi connectivity index (χ1n) is 7.93. The minimum atomic E-state index is 0.0222. The molecule has 116 valence electrons. The van der Waals surface area contributed by atoms with E-state index in [4.69, 9.17) is 4.42 Å². The number of halogens is 1. The number of hydrogen-bond donors (Lipinski definition) is 0. The Balaban J connectivity index is 1.51. The van der Waals surface area contributed by atoms with Gasteiger partial charge in [-0.1, -0.05) is 15.9 Å². The third-order valence-electron chi connectivity index (χ3n) is 4.80. The van der Waals surface area contributed by atoms with Crippen LogP contribution in [0.4, 0.5) is 0 Å². The molecule has 4 rings (SSSR count). The summed E-state index contributed by atoms with van der Waals surface area (Å²) in [6.07, 6.45) is 3.67. The average molecular weight is 363 g/mol. The number of furan rings is 1. The van der Waals surface area contributed by atoms with Crippen LogP contribution in [0.15, 0.2) is 33.2 Å². The second-order valence-electron chi connectivity index (χ2n) is 6.23. The lowest BCUT2D eigenvalue weighted by Crippen LogP contribution is -2.37. The molecule has 0 unspecified atom stereocenters. The number of fused-ring (bicyclic) bond motifs is 1. The molecule has 3 heterocycles. The number of hydrogen-bond acceptors (Lipinski definition) is 3. The van der Waals surface area contributed by atoms with E-state index in [9.17, 15) is 4.79 Å². The van der Waals surface area contributed by atoms with E-state index in [0.717, 1.165) is 35.0 Å². The zero-order valence-electron chi connectivity index (χ0n) is 12.4. The van der Waals surface area contributed by atoms with E-state index in [1.807, 2.05) is 29.2 Å². The van der Waals surface area contributed by atoms with E-state index in [-0.39, 0.29) is 5.91 Å². The van der Waals surface area contributed by atoms with Gasteiger partial charge in [0.05, 0.1) is 0 Å². The van der Waals surface area contributed by atoms with Crippen LogP contribution in [0.2, 0.25) is 0 Å². The predicted octanol–water partition coefficient (Wildman–Crippen LogP) is 3.51. The van der Waals surface area contributed by atoms with E-state index < -0.39 is 0 Å². The molecule has 2 aliphatic rings. The maximum Gasteiger partial charge on any atom is 0.289 e. The molecular formula is C17H19BrN2O2. The molecule has 1 aromatic heterocycles. The van der Waals surface area contributed by atoms with E-state index in [1.165, 1.54) is 25.9 Å². The summed E-state index contributed by atoms with van der Waals surface area (Å²) in [6, 6.07) is 8.19. The van der Waals surface area contributed by atoms with Gasteiger partial charge < -0.3 is 9.32 Å². The van der Waals surface area contributed by atoms with Crippen molar-refractivity contribution in [2.24, 2.45) is 0 Å². The number of benzene rings is 1. The van der Waals surface area contributed by atoms with Gasteiger partial charge in [0, 0.05) is 29.0 Å². The molecule has 2 aromatic rings. The van der Waals surface area contributed by atoms with Gasteiger partial charge in [-0.05, 0) is 56.6 Å². The van der Waals surface area contributed by atoms with Crippen LogP contribution in [0.5, 0.6) is 0 Å². The second kappa shape index (κ2) is 5.70. The quantitative estimate of drug-likeness (QED) is 0.820. The van der Waals surface area contributed by atoms with Crippen LogP contribution in [0.3, 0.4) is 0 Å². The summed E-state index contributed by atoms with van der Waals surface area (Å²) >= 11 is 3.45. The molecule has 0 radical (unpaired) electrons. The molecular weight excluding hydrogens is 344 g/mol. The van der Waals surface area contributed by atoms with Crippen molar-refractivity contribution in [3.63, 3.8) is 0 Å². The van der Waals surface area contributed by atoms with Crippen molar-refractivity contribution >= 4 is 32.8 Å². The van der Waals surface area contributed by atoms with Crippen LogP contribution in [-0.4, -0.2) is 47.9 Å². The molecule has 1 amide bonds. The summed E-state index contributed by atoms with van der Waals surface area (Å²) in [5.74, 6) is 0.476. The highest BCUT2D eigenvalue weighted by atomic mass is 79.9. The third-order valence-corrected chi connectivity index (χ3v) is 5.29. The topological polar surface area (TPSA) is 36.7 Å². The summed E-state index contributed by atoms with van der Waals surface area (Å²) in [7, 11) is 0. The molecule has 4 nitrogen and oxygen atoms in total. The smallest absolute Gasteiger partial charge is 0.289 e. The van der Waals surface area contributed by atoms with Crippen molar-refractivity contribution in [1.82, 2.24) is 9.80 Å². The van der Waals surface area contributed by atoms with Gasteiger partial charge >= 0.3 is 0 Å². The van der Waals surface area contributed by atoms with Gasteiger partial charge in [0.25, 0.3) is 5.91 Å². The lowest BCUT2D eigenvalue weighted by atomic mass is 10.2. The Labute approximate surface area is 138 Å². The molecule has 22 heavy (non-hydrogen) atoms. The van der Waals surface area contributed by atoms with Crippen LogP contribution in [0, 0.1) is 0 Å². The Morgan fingerprint density at radius 3 is 2.82 bits per heavy atom. The van der Waals surface area contributed by atoms with Gasteiger partial charge in [-0.25, -0.2) is 0 Å². The number of amides is 1. The fourth-order valence-corrected chi connectivity index (χ4v) is 3.99. The first kappa shape index (κ1) is 14.3. The van der Waals surface area contributed by atoms with Crippen LogP contribution in [-0.2, 0) is 0 Å². The fourth-order valence-electron chi connectivity index (χ4n) is 3.61. The van der Waals surface area contributed by atoms with Gasteiger partial charge in [0.2, 0.25) is 0 Å². The summed E-state index contributed by atoms with van der Waals surface area (Å²) in [4.78, 5) is 17.1. The Morgan fingerprint density at radius 2 is 2.00 bits per heavy atom. The van der Waals surface area contributed by atoms with Crippen molar-refractivity contribution in [2.75, 3.05) is 26.2 Å². The van der Waals surface area contributed by atoms with Gasteiger partial charge in [0.15, 0.2) is 5.76 Å². The van der Waals surface area contributed by atoms with Crippen LogP contribution in [0.1, 0.15) is 29.8 Å². The maximum atomic E-state index is 12.7. The first-order chi connectivity index (χ1) is 10.7. The Hall–Kier alpha value is -1.33. The van der Waals surface area contributed by atoms with Crippen molar-refractivity contribution in [3.8, 4) is 0 Å². The monoisotopic (exact) mass is 362 g/mol. The van der Waals surface area contributed by atoms with Crippen LogP contribution < -0.4 is 0 Å². The molecule has 0 bridgehead atoms. The number of rotatable bonds is 2. The van der Waals surface area contributed by atoms with E-state index in [0.29, 0.717) is 11.8 Å². The summed E-state index contributed by atoms with van der Waals surface area (Å²) in [5, 5.41) is 0.966. The number of nitrogens with zero attached hydrogens (tertiary/aromatic N) is 2. The maximum absolute atomic E-state index is 12.7. The predicted molar refractivity (Wildman–Crippen MR) is 89.0 cm³/mol. The fraction of sp³-hybridized carbons (Fsp3) is 0.471. The molecule has 0 aliphatic carbocycles. The first-order valence-corrected chi connectivity index (χ1v) is 8.72. The minimum Gasteiger partial charge on any atom is -0.451 e. The van der Waals surface area contributed by atoms with Crippen molar-refractivity contribution in [1.29, 1.82) is 0 Å². The third kappa shape index (κ3) is 2.57. The minimum absolute atomic E-state index is 0.0222. The molecule has 0 saturated carbocycles. The molecule has 1 aromatic carbocycles. The molecule has 5 heteroatoms. The van der Waals surface area contributed by atoms with Gasteiger partial charge in [0.1, 0.15) is 5.58 Å². The van der Waals surface area contributed by atoms with Gasteiger partial charge in [-0.3, -0.25) is 9.69 Å². The highest BCUT2D eigenvalue weighted by Crippen LogP contribution is 2.26. The Morgan fingerprint density at radius 1 is 1.18 bits per heavy atom. The Kier molecular flexibility index (Phi) is 3.70. The molecule has 1 atom stereocenters. The van der Waals surface area contributed by atoms with E-state index in [2.05, 4.69) is 20.8 Å². The Bertz CT molecular complexity index is 706. The summed E-state index contributed by atoms with van der Waals surface area (Å²) in [6.45, 7) is 4.04. The standard InChI is InChI=1S/C17H19BrN2O2/c18-13-3-4-15-12(9-13)10-16(22-15)17(21)20-8-5-14(11-20)19-6-1-2-7-19/h3-4,9-10,14H,1-2,5-8,11H2/t14-/m0/s1. The zero-order valence-corrected chi connectivity index (χ0v) is 14.0. The van der Waals surface area contributed by atoms with Gasteiger partial charge in [-0.2, -0.15) is 0 Å². The van der Waals surface area contributed by atoms with Crippen molar-refractivity contribution < 1.29 is 9.21 Å². The number of carbonyl (C=O) groups excluding carboxylic acids is 1. The van der Waals surface area contributed by atoms with Crippen LogP contribution >= 0.6 is 15.9 Å². The second-order valence-corrected chi connectivity index (χ2v) is 7.15. The average Bonchev–Trinajstić information content (AvgIpc) is 3.24. The zero-order chi connectivity index (χ0) is 15.1. The lowest BCUT2D eigenvalue weighted by Gasteiger charge is -2.23. The number of carbonyl (C=O) groups is 1. The molecule has 2 saturated heterocycles. The number of likely N-dealkylation sites (tertiary alicyclic amines) is 2. The van der Waals surface area contributed by atoms with Crippen molar-refractivity contribution in [3.05, 3.63) is 34.5 Å². The van der Waals surface area contributed by atoms with E-state index >= 15 is 0 Å². The SMILES string of the molecule is O=C(c1cc2cc(Br)ccc2o1)N1CC[C@H](N2CCCC2)C1. The normalized spacial score (nSPS) is 22.8. The molecule has 2 fully saturated rings. The lowest BCUT2D eigenvalue weighted by molar-refractivity contribution is 0.0751. The largest absolute Gasteiger partial charge is 0.451 e. The highest BCUT2D eigenvalue weighted by Gasteiger charge is 2.32. The van der Waals surface area contributed by atoms with Gasteiger partial charge in [-0.15, -0.1) is 0 Å². The van der Waals surface area contributed by atoms with Crippen LogP contribution in [0.25, 0.3) is 11.0 Å². The molecule has 0 spiro atoms. The summed E-state index contributed by atoms with van der Waals surface area (Å²) in [5.41, 5.74) is 0.766.